The summed E-state index contributed by atoms with van der Waals surface area (Å²) in [5.41, 5.74) is 0. The zero-order chi connectivity index (χ0) is 16.7. The van der Waals surface area contributed by atoms with E-state index in [-0.39, 0.29) is 16.0 Å². The van der Waals surface area contributed by atoms with Gasteiger partial charge in [-0.1, -0.05) is 11.3 Å². The Morgan fingerprint density at radius 2 is 2.05 bits per heavy atom. The van der Waals surface area contributed by atoms with Crippen molar-refractivity contribution in [2.45, 2.75) is 17.5 Å². The number of carbonyl (C=O) groups excluding carboxylic acids is 2. The van der Waals surface area contributed by atoms with Gasteiger partial charge >= 0.3 is 12.0 Å². The maximum atomic E-state index is 12.1. The lowest BCUT2D eigenvalue weighted by molar-refractivity contribution is -0.145. The number of nitrogens with zero attached hydrogens (tertiary/aromatic N) is 5. The van der Waals surface area contributed by atoms with Crippen molar-refractivity contribution >= 4 is 38.5 Å². The average molecular weight is 349 g/mol. The molecule has 0 aliphatic carbocycles. The van der Waals surface area contributed by atoms with Crippen molar-refractivity contribution < 1.29 is 22.7 Å². The van der Waals surface area contributed by atoms with Crippen LogP contribution in [0.2, 0.25) is 0 Å². The molecule has 1 atom stereocenters. The van der Waals surface area contributed by atoms with Gasteiger partial charge in [-0.2, -0.15) is 0 Å². The third-order valence-corrected chi connectivity index (χ3v) is 5.94. The normalized spacial score (nSPS) is 19.1. The van der Waals surface area contributed by atoms with Crippen molar-refractivity contribution in [3.05, 3.63) is 0 Å². The first-order chi connectivity index (χ1) is 10.1. The smallest absolute Gasteiger partial charge is 0.329 e. The highest BCUT2D eigenvalue weighted by Crippen LogP contribution is 2.30. The molecular weight excluding hydrogens is 334 g/mol. The molecule has 0 aromatic carbocycles. The third kappa shape index (κ3) is 2.89. The summed E-state index contributed by atoms with van der Waals surface area (Å²) in [5, 5.41) is 7.41. The number of ether oxygens (including phenoxy) is 1. The lowest BCUT2D eigenvalue weighted by Crippen LogP contribution is -2.37. The summed E-state index contributed by atoms with van der Waals surface area (Å²) in [6.45, 7) is 1.39. The van der Waals surface area contributed by atoms with Crippen molar-refractivity contribution in [2.75, 3.05) is 32.6 Å². The zero-order valence-electron chi connectivity index (χ0n) is 12.4. The second-order valence-electron chi connectivity index (χ2n) is 4.74. The van der Waals surface area contributed by atoms with Gasteiger partial charge in [0.1, 0.15) is 0 Å². The number of rotatable bonds is 4. The Balaban J connectivity index is 2.36. The van der Waals surface area contributed by atoms with Crippen LogP contribution in [0.15, 0.2) is 4.34 Å². The number of hydrogen-bond acceptors (Lipinski definition) is 8. The molecule has 12 heteroatoms. The van der Waals surface area contributed by atoms with E-state index < -0.39 is 28.3 Å². The van der Waals surface area contributed by atoms with Crippen LogP contribution in [0.5, 0.6) is 0 Å². The molecular formula is C10H15N5O5S2. The largest absolute Gasteiger partial charge is 0.439 e. The molecule has 0 bridgehead atoms. The number of urea groups is 1. The van der Waals surface area contributed by atoms with Gasteiger partial charge in [0.05, 0.1) is 6.54 Å². The number of esters is 1. The third-order valence-electron chi connectivity index (χ3n) is 2.86. The molecule has 1 aliphatic heterocycles. The summed E-state index contributed by atoms with van der Waals surface area (Å²) >= 11 is 0.737. The lowest BCUT2D eigenvalue weighted by atomic mass is 10.5. The SMILES string of the molecule is CC(=O)OC1CN(C)C(=O)N1c1nnc(S(=O)(=O)N(C)C)s1. The van der Waals surface area contributed by atoms with Crippen molar-refractivity contribution in [1.29, 1.82) is 0 Å². The van der Waals surface area contributed by atoms with Crippen LogP contribution in [0.3, 0.4) is 0 Å². The van der Waals surface area contributed by atoms with Crippen LogP contribution in [0.25, 0.3) is 0 Å². The maximum Gasteiger partial charge on any atom is 0.329 e. The molecule has 0 spiro atoms. The predicted molar refractivity (Wildman–Crippen MR) is 76.8 cm³/mol. The zero-order valence-corrected chi connectivity index (χ0v) is 14.0. The van der Waals surface area contributed by atoms with Crippen LogP contribution < -0.4 is 4.90 Å². The standard InChI is InChI=1S/C10H15N5O5S2/c1-6(16)20-7-5-14(4)10(17)15(7)8-11-12-9(21-8)22(18,19)13(2)3/h7H,5H2,1-4H3. The Bertz CT molecular complexity index is 700. The van der Waals surface area contributed by atoms with E-state index in [9.17, 15) is 18.0 Å². The first-order valence-corrected chi connectivity index (χ1v) is 8.38. The van der Waals surface area contributed by atoms with Gasteiger partial charge in [0.25, 0.3) is 10.0 Å². The topological polar surface area (TPSA) is 113 Å². The van der Waals surface area contributed by atoms with E-state index in [1.54, 1.807) is 0 Å². The van der Waals surface area contributed by atoms with Gasteiger partial charge in [0.15, 0.2) is 0 Å². The summed E-state index contributed by atoms with van der Waals surface area (Å²) in [6, 6.07) is -0.448. The summed E-state index contributed by atoms with van der Waals surface area (Å²) in [7, 11) is 0.537. The van der Waals surface area contributed by atoms with E-state index in [1.807, 2.05) is 0 Å². The Kier molecular flexibility index (Phi) is 4.35. The molecule has 0 radical (unpaired) electrons. The Morgan fingerprint density at radius 3 is 2.59 bits per heavy atom. The van der Waals surface area contributed by atoms with Crippen molar-refractivity contribution in [3.63, 3.8) is 0 Å². The van der Waals surface area contributed by atoms with E-state index >= 15 is 0 Å². The average Bonchev–Trinajstić information content (AvgIpc) is 2.96. The molecule has 1 unspecified atom stereocenters. The first kappa shape index (κ1) is 16.6. The van der Waals surface area contributed by atoms with Gasteiger partial charge in [-0.25, -0.2) is 22.4 Å². The van der Waals surface area contributed by atoms with E-state index in [4.69, 9.17) is 4.74 Å². The summed E-state index contributed by atoms with van der Waals surface area (Å²) < 4.78 is 29.8. The molecule has 0 N–H and O–H groups in total. The molecule has 1 aromatic heterocycles. The van der Waals surface area contributed by atoms with Gasteiger partial charge in [0, 0.05) is 28.1 Å². The Hall–Kier alpha value is -1.79. The molecule has 0 saturated carbocycles. The first-order valence-electron chi connectivity index (χ1n) is 6.12. The molecule has 1 aromatic rings. The molecule has 2 heterocycles. The highest BCUT2D eigenvalue weighted by molar-refractivity contribution is 7.91. The fourth-order valence-corrected chi connectivity index (χ4v) is 3.91. The summed E-state index contributed by atoms with van der Waals surface area (Å²) in [4.78, 5) is 25.7. The molecule has 122 valence electrons. The highest BCUT2D eigenvalue weighted by Gasteiger charge is 2.41. The minimum Gasteiger partial charge on any atom is -0.439 e. The van der Waals surface area contributed by atoms with Crippen molar-refractivity contribution in [1.82, 2.24) is 19.4 Å². The van der Waals surface area contributed by atoms with E-state index in [0.717, 1.165) is 20.5 Å². The van der Waals surface area contributed by atoms with Crippen LogP contribution in [-0.2, 0) is 19.6 Å². The fraction of sp³-hybridized carbons (Fsp3) is 0.600. The van der Waals surface area contributed by atoms with Crippen molar-refractivity contribution in [3.8, 4) is 0 Å². The van der Waals surface area contributed by atoms with Gasteiger partial charge in [-0.3, -0.25) is 4.79 Å². The molecule has 1 saturated heterocycles. The Morgan fingerprint density at radius 1 is 1.41 bits per heavy atom. The number of anilines is 1. The molecule has 2 amide bonds. The number of aromatic nitrogens is 2. The quantitative estimate of drug-likeness (QED) is 0.534. The minimum atomic E-state index is -3.74. The van der Waals surface area contributed by atoms with E-state index in [2.05, 4.69) is 10.2 Å². The molecule has 2 rings (SSSR count). The van der Waals surface area contributed by atoms with Crippen LogP contribution in [0.1, 0.15) is 6.92 Å². The number of sulfonamides is 1. The lowest BCUT2D eigenvalue weighted by Gasteiger charge is -2.18. The number of hydrogen-bond donors (Lipinski definition) is 0. The van der Waals surface area contributed by atoms with Crippen LogP contribution in [-0.4, -0.2) is 73.7 Å². The van der Waals surface area contributed by atoms with Crippen LogP contribution in [0.4, 0.5) is 9.93 Å². The second-order valence-corrected chi connectivity index (χ2v) is 8.02. The van der Waals surface area contributed by atoms with Gasteiger partial charge in [-0.15, -0.1) is 10.2 Å². The highest BCUT2D eigenvalue weighted by atomic mass is 32.2. The minimum absolute atomic E-state index is 0.0565. The number of carbonyl (C=O) groups is 2. The van der Waals surface area contributed by atoms with E-state index in [0.29, 0.717) is 0 Å². The van der Waals surface area contributed by atoms with E-state index in [1.165, 1.54) is 33.0 Å². The molecule has 1 aliphatic rings. The van der Waals surface area contributed by atoms with Gasteiger partial charge in [-0.05, 0) is 0 Å². The van der Waals surface area contributed by atoms with Gasteiger partial charge in [0.2, 0.25) is 15.7 Å². The van der Waals surface area contributed by atoms with Crippen molar-refractivity contribution in [2.24, 2.45) is 0 Å². The monoisotopic (exact) mass is 349 g/mol. The summed E-state index contributed by atoms with van der Waals surface area (Å²) in [5.74, 6) is -0.552. The van der Waals surface area contributed by atoms with Crippen LogP contribution in [0, 0.1) is 0 Å². The van der Waals surface area contributed by atoms with Crippen LogP contribution >= 0.6 is 11.3 Å². The Labute approximate surface area is 131 Å². The molecule has 22 heavy (non-hydrogen) atoms. The fourth-order valence-electron chi connectivity index (χ4n) is 1.75. The summed E-state index contributed by atoms with van der Waals surface area (Å²) in [6.07, 6.45) is -0.863. The second kappa shape index (κ2) is 5.78. The number of likely N-dealkylation sites (N-methyl/N-ethyl adjacent to an activating group) is 1. The molecule has 10 nitrogen and oxygen atoms in total. The van der Waals surface area contributed by atoms with Gasteiger partial charge < -0.3 is 9.64 Å². The number of amides is 2. The maximum absolute atomic E-state index is 12.1. The predicted octanol–water partition coefficient (Wildman–Crippen LogP) is -0.451. The molecule has 1 fully saturated rings.